The number of ether oxygens (including phenoxy) is 2. The largest absolute Gasteiger partial charge is 0.454 e. The molecule has 7 heteroatoms. The molecule has 0 aliphatic carbocycles. The molecule has 5 rings (SSSR count). The van der Waals surface area contributed by atoms with E-state index in [1.165, 1.54) is 16.0 Å². The molecule has 2 aromatic carbocycles. The third kappa shape index (κ3) is 4.80. The Morgan fingerprint density at radius 3 is 2.56 bits per heavy atom. The standard InChI is InChI=1S/C25H27N3O3S/c29-24(16-26-25(23-7-4-14-32-23)20-5-2-1-3-6-20)28-12-10-27(11-13-28)17-19-8-9-21-22(15-19)31-18-30-21/h1-9,14-15,25-26H,10-13,16-18H2. The zero-order valence-corrected chi connectivity index (χ0v) is 18.7. The molecule has 1 atom stereocenters. The SMILES string of the molecule is O=C(CNC(c1ccccc1)c1cccs1)N1CCN(Cc2ccc3c(c2)OCO3)CC1. The number of thiophene rings is 1. The second kappa shape index (κ2) is 9.73. The first-order valence-corrected chi connectivity index (χ1v) is 11.8. The van der Waals surface area contributed by atoms with E-state index >= 15 is 0 Å². The van der Waals surface area contributed by atoms with Crippen LogP contribution in [-0.2, 0) is 11.3 Å². The molecule has 3 heterocycles. The van der Waals surface area contributed by atoms with Crippen LogP contribution in [0, 0.1) is 0 Å². The van der Waals surface area contributed by atoms with E-state index in [4.69, 9.17) is 9.47 Å². The molecular weight excluding hydrogens is 422 g/mol. The maximum Gasteiger partial charge on any atom is 0.236 e. The number of benzene rings is 2. The van der Waals surface area contributed by atoms with Crippen molar-refractivity contribution in [1.29, 1.82) is 0 Å². The smallest absolute Gasteiger partial charge is 0.236 e. The Kier molecular flexibility index (Phi) is 6.39. The molecule has 1 aromatic heterocycles. The molecule has 3 aromatic rings. The minimum Gasteiger partial charge on any atom is -0.454 e. The summed E-state index contributed by atoms with van der Waals surface area (Å²) < 4.78 is 10.9. The fraction of sp³-hybridized carbons (Fsp3) is 0.320. The van der Waals surface area contributed by atoms with Crippen molar-refractivity contribution in [2.75, 3.05) is 39.5 Å². The Morgan fingerprint density at radius 2 is 1.78 bits per heavy atom. The van der Waals surface area contributed by atoms with E-state index in [-0.39, 0.29) is 11.9 Å². The second-order valence-electron chi connectivity index (χ2n) is 8.08. The third-order valence-electron chi connectivity index (χ3n) is 5.99. The highest BCUT2D eigenvalue weighted by atomic mass is 32.1. The summed E-state index contributed by atoms with van der Waals surface area (Å²) in [5.74, 6) is 1.79. The summed E-state index contributed by atoms with van der Waals surface area (Å²) in [6, 6.07) is 20.6. The molecule has 0 bridgehead atoms. The van der Waals surface area contributed by atoms with Gasteiger partial charge in [-0.15, -0.1) is 11.3 Å². The van der Waals surface area contributed by atoms with Gasteiger partial charge in [0, 0.05) is 37.6 Å². The van der Waals surface area contributed by atoms with E-state index in [0.29, 0.717) is 13.3 Å². The highest BCUT2D eigenvalue weighted by Gasteiger charge is 2.23. The van der Waals surface area contributed by atoms with Gasteiger partial charge >= 0.3 is 0 Å². The first-order valence-electron chi connectivity index (χ1n) is 11.0. The van der Waals surface area contributed by atoms with Crippen molar-refractivity contribution in [1.82, 2.24) is 15.1 Å². The lowest BCUT2D eigenvalue weighted by atomic mass is 10.1. The minimum atomic E-state index is 0.0347. The van der Waals surface area contributed by atoms with E-state index in [0.717, 1.165) is 44.2 Å². The monoisotopic (exact) mass is 449 g/mol. The van der Waals surface area contributed by atoms with Crippen LogP contribution in [0.15, 0.2) is 66.0 Å². The van der Waals surface area contributed by atoms with Crippen LogP contribution in [-0.4, -0.2) is 55.2 Å². The van der Waals surface area contributed by atoms with Gasteiger partial charge in [-0.05, 0) is 34.7 Å². The van der Waals surface area contributed by atoms with Crippen molar-refractivity contribution < 1.29 is 14.3 Å². The first-order chi connectivity index (χ1) is 15.8. The molecule has 0 radical (unpaired) electrons. The topological polar surface area (TPSA) is 54.0 Å². The number of nitrogens with zero attached hydrogens (tertiary/aromatic N) is 2. The van der Waals surface area contributed by atoms with E-state index in [9.17, 15) is 4.79 Å². The van der Waals surface area contributed by atoms with Crippen LogP contribution in [0.4, 0.5) is 0 Å². The molecule has 2 aliphatic heterocycles. The zero-order chi connectivity index (χ0) is 21.8. The van der Waals surface area contributed by atoms with Crippen LogP contribution in [0.5, 0.6) is 11.5 Å². The highest BCUT2D eigenvalue weighted by Crippen LogP contribution is 2.33. The molecule has 32 heavy (non-hydrogen) atoms. The molecule has 1 N–H and O–H groups in total. The number of carbonyl (C=O) groups is 1. The molecule has 2 aliphatic rings. The molecule has 1 saturated heterocycles. The number of hydrogen-bond acceptors (Lipinski definition) is 6. The van der Waals surface area contributed by atoms with Crippen molar-refractivity contribution in [3.8, 4) is 11.5 Å². The van der Waals surface area contributed by atoms with Crippen molar-refractivity contribution in [3.05, 3.63) is 82.0 Å². The van der Waals surface area contributed by atoms with Crippen molar-refractivity contribution in [2.45, 2.75) is 12.6 Å². The van der Waals surface area contributed by atoms with Gasteiger partial charge in [-0.25, -0.2) is 0 Å². The summed E-state index contributed by atoms with van der Waals surface area (Å²) in [5.41, 5.74) is 2.38. The van der Waals surface area contributed by atoms with Gasteiger partial charge in [-0.3, -0.25) is 15.0 Å². The van der Waals surface area contributed by atoms with Crippen LogP contribution in [0.1, 0.15) is 22.0 Å². The average molecular weight is 450 g/mol. The Labute approximate surface area is 192 Å². The summed E-state index contributed by atoms with van der Waals surface area (Å²) >= 11 is 1.71. The molecule has 1 amide bonds. The summed E-state index contributed by atoms with van der Waals surface area (Å²) in [4.78, 5) is 18.5. The van der Waals surface area contributed by atoms with Crippen LogP contribution < -0.4 is 14.8 Å². The van der Waals surface area contributed by atoms with E-state index < -0.39 is 0 Å². The number of hydrogen-bond donors (Lipinski definition) is 1. The van der Waals surface area contributed by atoms with Crippen LogP contribution in [0.2, 0.25) is 0 Å². The Bertz CT molecular complexity index is 1030. The minimum absolute atomic E-state index is 0.0347. The number of amides is 1. The Balaban J connectivity index is 1.13. The van der Waals surface area contributed by atoms with Gasteiger partial charge in [-0.1, -0.05) is 42.5 Å². The van der Waals surface area contributed by atoms with Crippen molar-refractivity contribution >= 4 is 17.2 Å². The fourth-order valence-corrected chi connectivity index (χ4v) is 5.06. The van der Waals surface area contributed by atoms with Crippen molar-refractivity contribution in [2.24, 2.45) is 0 Å². The molecule has 1 fully saturated rings. The van der Waals surface area contributed by atoms with Gasteiger partial charge in [0.2, 0.25) is 12.7 Å². The lowest BCUT2D eigenvalue weighted by Crippen LogP contribution is -2.50. The van der Waals surface area contributed by atoms with Gasteiger partial charge in [0.1, 0.15) is 0 Å². The summed E-state index contributed by atoms with van der Waals surface area (Å²) in [5, 5.41) is 5.57. The number of fused-ring (bicyclic) bond motifs is 1. The molecule has 0 saturated carbocycles. The van der Waals surface area contributed by atoms with E-state index in [2.05, 4.69) is 52.0 Å². The maximum absolute atomic E-state index is 12.9. The molecule has 0 spiro atoms. The third-order valence-corrected chi connectivity index (χ3v) is 6.92. The van der Waals surface area contributed by atoms with Crippen molar-refractivity contribution in [3.63, 3.8) is 0 Å². The number of piperazine rings is 1. The van der Waals surface area contributed by atoms with Crippen LogP contribution in [0.25, 0.3) is 0 Å². The number of rotatable bonds is 7. The predicted octanol–water partition coefficient (Wildman–Crippen LogP) is 3.50. The normalized spacial score (nSPS) is 16.8. The van der Waals surface area contributed by atoms with Gasteiger partial charge in [0.15, 0.2) is 11.5 Å². The Morgan fingerprint density at radius 1 is 0.969 bits per heavy atom. The molecular formula is C25H27N3O3S. The first kappa shape index (κ1) is 21.0. The number of nitrogens with one attached hydrogen (secondary N) is 1. The Hall–Kier alpha value is -2.87. The van der Waals surface area contributed by atoms with Gasteiger partial charge in [0.05, 0.1) is 12.6 Å². The predicted molar refractivity (Wildman–Crippen MR) is 125 cm³/mol. The molecule has 166 valence electrons. The zero-order valence-electron chi connectivity index (χ0n) is 17.9. The van der Waals surface area contributed by atoms with E-state index in [1.54, 1.807) is 11.3 Å². The van der Waals surface area contributed by atoms with Crippen LogP contribution >= 0.6 is 11.3 Å². The summed E-state index contributed by atoms with van der Waals surface area (Å²) in [7, 11) is 0. The molecule has 1 unspecified atom stereocenters. The van der Waals surface area contributed by atoms with Gasteiger partial charge in [-0.2, -0.15) is 0 Å². The number of carbonyl (C=O) groups excluding carboxylic acids is 1. The fourth-order valence-electron chi connectivity index (χ4n) is 4.24. The lowest BCUT2D eigenvalue weighted by Gasteiger charge is -2.35. The quantitative estimate of drug-likeness (QED) is 0.598. The van der Waals surface area contributed by atoms with Crippen LogP contribution in [0.3, 0.4) is 0 Å². The lowest BCUT2D eigenvalue weighted by molar-refractivity contribution is -0.132. The van der Waals surface area contributed by atoms with Gasteiger partial charge < -0.3 is 14.4 Å². The van der Waals surface area contributed by atoms with E-state index in [1.807, 2.05) is 29.2 Å². The highest BCUT2D eigenvalue weighted by molar-refractivity contribution is 7.10. The maximum atomic E-state index is 12.9. The summed E-state index contributed by atoms with van der Waals surface area (Å²) in [6.07, 6.45) is 0. The van der Waals surface area contributed by atoms with Gasteiger partial charge in [0.25, 0.3) is 0 Å². The molecule has 6 nitrogen and oxygen atoms in total. The average Bonchev–Trinajstić information content (AvgIpc) is 3.52. The summed E-state index contributed by atoms with van der Waals surface area (Å²) in [6.45, 7) is 4.72. The second-order valence-corrected chi connectivity index (χ2v) is 9.06.